The van der Waals surface area contributed by atoms with E-state index in [9.17, 15) is 0 Å². The van der Waals surface area contributed by atoms with Crippen molar-refractivity contribution >= 4 is 40.2 Å². The Kier molecular flexibility index (Phi) is 4.79. The molecule has 0 aliphatic heterocycles. The summed E-state index contributed by atoms with van der Waals surface area (Å²) in [4.78, 5) is 5.90. The average Bonchev–Trinajstić information content (AvgIpc) is 2.87. The number of nitrogens with zero attached hydrogens (tertiary/aromatic N) is 2. The first-order valence-electron chi connectivity index (χ1n) is 7.61. The monoisotopic (exact) mass is 342 g/mol. The summed E-state index contributed by atoms with van der Waals surface area (Å²) in [6.07, 6.45) is 3.81. The summed E-state index contributed by atoms with van der Waals surface area (Å²) in [5.74, 6) is 2.00. The van der Waals surface area contributed by atoms with Gasteiger partial charge in [-0.2, -0.15) is 0 Å². The van der Waals surface area contributed by atoms with E-state index in [1.165, 1.54) is 21.2 Å². The lowest BCUT2D eigenvalue weighted by molar-refractivity contribution is 0.910. The summed E-state index contributed by atoms with van der Waals surface area (Å²) < 4.78 is 2.09. The SMILES string of the molecule is CCSc1cc2ccccc2cc1-c1ncc(C=C(C)Cl)n1C. The van der Waals surface area contributed by atoms with Crippen LogP contribution in [-0.2, 0) is 7.05 Å². The third-order valence-corrected chi connectivity index (χ3v) is 4.81. The van der Waals surface area contributed by atoms with Crippen LogP contribution in [0.3, 0.4) is 0 Å². The van der Waals surface area contributed by atoms with Crippen molar-refractivity contribution in [2.75, 3.05) is 5.75 Å². The van der Waals surface area contributed by atoms with E-state index < -0.39 is 0 Å². The molecule has 2 nitrogen and oxygen atoms in total. The van der Waals surface area contributed by atoms with Crippen molar-refractivity contribution in [2.24, 2.45) is 7.05 Å². The van der Waals surface area contributed by atoms with Crippen LogP contribution < -0.4 is 0 Å². The Balaban J connectivity index is 2.20. The van der Waals surface area contributed by atoms with Gasteiger partial charge in [-0.15, -0.1) is 11.8 Å². The van der Waals surface area contributed by atoms with E-state index in [-0.39, 0.29) is 0 Å². The smallest absolute Gasteiger partial charge is 0.141 e. The van der Waals surface area contributed by atoms with Crippen LogP contribution in [0.4, 0.5) is 0 Å². The minimum absolute atomic E-state index is 0.751. The van der Waals surface area contributed by atoms with Gasteiger partial charge in [0.2, 0.25) is 0 Å². The molecule has 0 spiro atoms. The van der Waals surface area contributed by atoms with Crippen LogP contribution in [0.1, 0.15) is 19.5 Å². The normalized spacial score (nSPS) is 12.1. The number of fused-ring (bicyclic) bond motifs is 1. The number of rotatable bonds is 4. The van der Waals surface area contributed by atoms with Crippen LogP contribution in [0.15, 0.2) is 52.5 Å². The Morgan fingerprint density at radius 2 is 1.96 bits per heavy atom. The molecule has 0 N–H and O–H groups in total. The fourth-order valence-corrected chi connectivity index (χ4v) is 3.62. The Morgan fingerprint density at radius 3 is 2.61 bits per heavy atom. The quantitative estimate of drug-likeness (QED) is 0.545. The van der Waals surface area contributed by atoms with E-state index in [4.69, 9.17) is 11.6 Å². The van der Waals surface area contributed by atoms with Crippen molar-refractivity contribution in [3.8, 4) is 11.4 Å². The number of halogens is 1. The minimum atomic E-state index is 0.751. The molecule has 0 fully saturated rings. The Bertz CT molecular complexity index is 876. The highest BCUT2D eigenvalue weighted by Gasteiger charge is 2.13. The zero-order chi connectivity index (χ0) is 16.4. The molecule has 3 rings (SSSR count). The van der Waals surface area contributed by atoms with Gasteiger partial charge >= 0.3 is 0 Å². The number of aromatic nitrogens is 2. The first-order chi connectivity index (χ1) is 11.1. The Morgan fingerprint density at radius 1 is 1.26 bits per heavy atom. The van der Waals surface area contributed by atoms with E-state index in [1.807, 2.05) is 38.0 Å². The zero-order valence-corrected chi connectivity index (χ0v) is 15.1. The molecule has 0 amide bonds. The molecule has 0 atom stereocenters. The molecule has 0 aliphatic carbocycles. The molecule has 0 saturated heterocycles. The van der Waals surface area contributed by atoms with Crippen molar-refractivity contribution < 1.29 is 0 Å². The molecule has 1 aromatic heterocycles. The number of allylic oxidation sites excluding steroid dienone is 1. The lowest BCUT2D eigenvalue weighted by atomic mass is 10.1. The molecule has 4 heteroatoms. The van der Waals surface area contributed by atoms with Gasteiger partial charge in [0.25, 0.3) is 0 Å². The van der Waals surface area contributed by atoms with Gasteiger partial charge in [0.15, 0.2) is 0 Å². The molecule has 0 saturated carbocycles. The minimum Gasteiger partial charge on any atom is -0.328 e. The van der Waals surface area contributed by atoms with Gasteiger partial charge in [-0.25, -0.2) is 4.98 Å². The molecule has 0 radical (unpaired) electrons. The Labute approximate surface area is 146 Å². The predicted molar refractivity (Wildman–Crippen MR) is 102 cm³/mol. The van der Waals surface area contributed by atoms with Crippen LogP contribution in [0, 0.1) is 0 Å². The molecular weight excluding hydrogens is 324 g/mol. The molecular formula is C19H19ClN2S. The lowest BCUT2D eigenvalue weighted by Gasteiger charge is -2.11. The van der Waals surface area contributed by atoms with Gasteiger partial charge in [-0.3, -0.25) is 0 Å². The molecule has 0 unspecified atom stereocenters. The van der Waals surface area contributed by atoms with Gasteiger partial charge in [-0.1, -0.05) is 42.8 Å². The van der Waals surface area contributed by atoms with Crippen LogP contribution in [-0.4, -0.2) is 15.3 Å². The second-order valence-corrected chi connectivity index (χ2v) is 7.33. The van der Waals surface area contributed by atoms with Crippen molar-refractivity contribution in [1.29, 1.82) is 0 Å². The predicted octanol–water partition coefficient (Wildman–Crippen LogP) is 5.95. The Hall–Kier alpha value is -1.71. The molecule has 23 heavy (non-hydrogen) atoms. The van der Waals surface area contributed by atoms with Crippen molar-refractivity contribution in [3.05, 3.63) is 53.3 Å². The number of hydrogen-bond donors (Lipinski definition) is 0. The van der Waals surface area contributed by atoms with Crippen LogP contribution in [0.2, 0.25) is 0 Å². The number of hydrogen-bond acceptors (Lipinski definition) is 2. The second-order valence-electron chi connectivity index (χ2n) is 5.43. The highest BCUT2D eigenvalue weighted by atomic mass is 35.5. The third-order valence-electron chi connectivity index (χ3n) is 3.76. The van der Waals surface area contributed by atoms with Crippen molar-refractivity contribution in [1.82, 2.24) is 9.55 Å². The van der Waals surface area contributed by atoms with Crippen molar-refractivity contribution in [3.63, 3.8) is 0 Å². The van der Waals surface area contributed by atoms with Gasteiger partial charge in [0.05, 0.1) is 11.9 Å². The van der Waals surface area contributed by atoms with Gasteiger partial charge in [-0.05, 0) is 41.7 Å². The number of thioether (sulfide) groups is 1. The van der Waals surface area contributed by atoms with Gasteiger partial charge in [0.1, 0.15) is 5.82 Å². The fraction of sp³-hybridized carbons (Fsp3) is 0.211. The van der Waals surface area contributed by atoms with Crippen LogP contribution >= 0.6 is 23.4 Å². The van der Waals surface area contributed by atoms with E-state index >= 15 is 0 Å². The summed E-state index contributed by atoms with van der Waals surface area (Å²) in [6, 6.07) is 12.9. The first-order valence-corrected chi connectivity index (χ1v) is 8.98. The third kappa shape index (κ3) is 3.31. The maximum Gasteiger partial charge on any atom is 0.141 e. The average molecular weight is 343 g/mol. The first kappa shape index (κ1) is 16.2. The number of imidazole rings is 1. The van der Waals surface area contributed by atoms with E-state index in [0.717, 1.165) is 22.3 Å². The highest BCUT2D eigenvalue weighted by Crippen LogP contribution is 2.35. The highest BCUT2D eigenvalue weighted by molar-refractivity contribution is 7.99. The molecule has 0 bridgehead atoms. The fourth-order valence-electron chi connectivity index (χ4n) is 2.68. The molecule has 1 heterocycles. The van der Waals surface area contributed by atoms with E-state index in [1.54, 1.807) is 0 Å². The van der Waals surface area contributed by atoms with Gasteiger partial charge in [0, 0.05) is 22.5 Å². The summed E-state index contributed by atoms with van der Waals surface area (Å²) in [6.45, 7) is 4.05. The van der Waals surface area contributed by atoms with Crippen molar-refractivity contribution in [2.45, 2.75) is 18.7 Å². The molecule has 3 aromatic rings. The van der Waals surface area contributed by atoms with Gasteiger partial charge < -0.3 is 4.57 Å². The summed E-state index contributed by atoms with van der Waals surface area (Å²) in [5, 5.41) is 3.25. The molecule has 0 aliphatic rings. The lowest BCUT2D eigenvalue weighted by Crippen LogP contribution is -1.97. The summed E-state index contributed by atoms with van der Waals surface area (Å²) in [7, 11) is 2.03. The van der Waals surface area contributed by atoms with Crippen LogP contribution in [0.5, 0.6) is 0 Å². The summed E-state index contributed by atoms with van der Waals surface area (Å²) in [5.41, 5.74) is 2.18. The number of benzene rings is 2. The topological polar surface area (TPSA) is 17.8 Å². The largest absolute Gasteiger partial charge is 0.328 e. The second kappa shape index (κ2) is 6.81. The van der Waals surface area contributed by atoms with E-state index in [2.05, 4.69) is 52.9 Å². The standard InChI is InChI=1S/C19H19ClN2S/c1-4-23-18-11-15-8-6-5-7-14(15)10-17(18)19-21-12-16(22(19)3)9-13(2)20/h5-12H,4H2,1-3H3. The van der Waals surface area contributed by atoms with Crippen LogP contribution in [0.25, 0.3) is 28.2 Å². The zero-order valence-electron chi connectivity index (χ0n) is 13.5. The maximum atomic E-state index is 6.01. The molecule has 2 aromatic carbocycles. The van der Waals surface area contributed by atoms with E-state index in [0.29, 0.717) is 0 Å². The molecule has 118 valence electrons. The summed E-state index contributed by atoms with van der Waals surface area (Å²) >= 11 is 7.86. The maximum absolute atomic E-state index is 6.01.